The maximum atomic E-state index is 12.2. The summed E-state index contributed by atoms with van der Waals surface area (Å²) in [7, 11) is 0. The van der Waals surface area contributed by atoms with Gasteiger partial charge in [-0.15, -0.1) is 11.8 Å². The third kappa shape index (κ3) is 4.01. The fraction of sp³-hybridized carbons (Fsp3) is 0.133. The Morgan fingerprint density at radius 3 is 2.80 bits per heavy atom. The number of nitrogens with two attached hydrogens (primary N) is 1. The molecule has 0 aliphatic heterocycles. The van der Waals surface area contributed by atoms with E-state index in [-0.39, 0.29) is 17.6 Å². The Bertz CT molecular complexity index is 948. The Kier molecular flexibility index (Phi) is 5.37. The molecule has 10 heteroatoms. The number of amides is 1. The highest BCUT2D eigenvalue weighted by molar-refractivity contribution is 8.00. The largest absolute Gasteiger partial charge is 0.368 e. The zero-order valence-electron chi connectivity index (χ0n) is 13.0. The zero-order valence-corrected chi connectivity index (χ0v) is 15.5. The van der Waals surface area contributed by atoms with E-state index in [9.17, 15) is 10.1 Å². The standard InChI is InChI=1S/C15H12N6OS3/c1-23-12-8(6-16)13(21-14(17)20-12)24-7-11(22)19-15-18-9-4-2-3-5-10(9)25-15/h2-5H,7H2,1H3,(H2,17,20,21)(H,18,19,22). The fourth-order valence-electron chi connectivity index (χ4n) is 2.00. The first-order valence-electron chi connectivity index (χ1n) is 7.00. The van der Waals surface area contributed by atoms with E-state index in [0.717, 1.165) is 22.0 Å². The van der Waals surface area contributed by atoms with Gasteiger partial charge in [-0.25, -0.2) is 15.0 Å². The van der Waals surface area contributed by atoms with E-state index in [4.69, 9.17) is 5.73 Å². The number of thiazole rings is 1. The van der Waals surface area contributed by atoms with Gasteiger partial charge in [0.25, 0.3) is 0 Å². The number of carbonyl (C=O) groups is 1. The number of aromatic nitrogens is 3. The minimum absolute atomic E-state index is 0.0810. The van der Waals surface area contributed by atoms with Crippen LogP contribution in [0.2, 0.25) is 0 Å². The lowest BCUT2D eigenvalue weighted by atomic mass is 10.3. The minimum Gasteiger partial charge on any atom is -0.368 e. The molecule has 0 atom stereocenters. The summed E-state index contributed by atoms with van der Waals surface area (Å²) < 4.78 is 1.01. The quantitative estimate of drug-likeness (QED) is 0.506. The molecule has 7 nitrogen and oxygen atoms in total. The van der Waals surface area contributed by atoms with Gasteiger partial charge in [0.05, 0.1) is 16.0 Å². The fourth-order valence-corrected chi connectivity index (χ4v) is 4.26. The van der Waals surface area contributed by atoms with Crippen molar-refractivity contribution in [3.63, 3.8) is 0 Å². The SMILES string of the molecule is CSc1nc(N)nc(SCC(=O)Nc2nc3ccccc3s2)c1C#N. The van der Waals surface area contributed by atoms with Crippen molar-refractivity contribution < 1.29 is 4.79 Å². The van der Waals surface area contributed by atoms with Crippen molar-refractivity contribution in [3.8, 4) is 6.07 Å². The molecule has 25 heavy (non-hydrogen) atoms. The highest BCUT2D eigenvalue weighted by atomic mass is 32.2. The first-order valence-corrected chi connectivity index (χ1v) is 10.0. The summed E-state index contributed by atoms with van der Waals surface area (Å²) in [5, 5.41) is 13.5. The van der Waals surface area contributed by atoms with Crippen LogP contribution in [0.25, 0.3) is 10.2 Å². The van der Waals surface area contributed by atoms with Crippen molar-refractivity contribution in [1.82, 2.24) is 15.0 Å². The number of nitrogen functional groups attached to an aromatic ring is 1. The van der Waals surface area contributed by atoms with E-state index in [1.54, 1.807) is 6.26 Å². The third-order valence-corrected chi connectivity index (χ3v) is 5.65. The van der Waals surface area contributed by atoms with Crippen LogP contribution < -0.4 is 11.1 Å². The number of anilines is 2. The van der Waals surface area contributed by atoms with E-state index in [1.807, 2.05) is 24.3 Å². The lowest BCUT2D eigenvalue weighted by Gasteiger charge is -2.07. The van der Waals surface area contributed by atoms with Crippen LogP contribution in [-0.2, 0) is 4.79 Å². The molecular formula is C15H12N6OS3. The number of nitrogens with zero attached hydrogens (tertiary/aromatic N) is 4. The third-order valence-electron chi connectivity index (χ3n) is 3.05. The van der Waals surface area contributed by atoms with Gasteiger partial charge >= 0.3 is 0 Å². The summed E-state index contributed by atoms with van der Waals surface area (Å²) in [6.45, 7) is 0. The van der Waals surface area contributed by atoms with Gasteiger partial charge in [-0.1, -0.05) is 35.2 Å². The first-order chi connectivity index (χ1) is 12.1. The van der Waals surface area contributed by atoms with Gasteiger partial charge in [0.1, 0.15) is 21.7 Å². The van der Waals surface area contributed by atoms with Gasteiger partial charge < -0.3 is 11.1 Å². The number of fused-ring (bicyclic) bond motifs is 1. The molecule has 0 saturated carbocycles. The predicted octanol–water partition coefficient (Wildman–Crippen LogP) is 2.99. The Morgan fingerprint density at radius 1 is 1.32 bits per heavy atom. The number of thioether (sulfide) groups is 2. The number of nitrogens with one attached hydrogen (secondary N) is 1. The summed E-state index contributed by atoms with van der Waals surface area (Å²) in [6, 6.07) is 9.73. The number of hydrogen-bond acceptors (Lipinski definition) is 9. The van der Waals surface area contributed by atoms with Crippen LogP contribution in [0, 0.1) is 11.3 Å². The van der Waals surface area contributed by atoms with Crippen molar-refractivity contribution in [3.05, 3.63) is 29.8 Å². The van der Waals surface area contributed by atoms with Crippen LogP contribution in [0.1, 0.15) is 5.56 Å². The van der Waals surface area contributed by atoms with Crippen molar-refractivity contribution >= 4 is 62.1 Å². The second-order valence-corrected chi connectivity index (χ2v) is 7.50. The highest BCUT2D eigenvalue weighted by Gasteiger charge is 2.15. The number of nitriles is 1. The van der Waals surface area contributed by atoms with Crippen LogP contribution >= 0.6 is 34.9 Å². The highest BCUT2D eigenvalue weighted by Crippen LogP contribution is 2.29. The molecule has 0 saturated heterocycles. The van der Waals surface area contributed by atoms with Crippen molar-refractivity contribution in [2.24, 2.45) is 0 Å². The van der Waals surface area contributed by atoms with Gasteiger partial charge in [0, 0.05) is 0 Å². The Morgan fingerprint density at radius 2 is 2.08 bits per heavy atom. The lowest BCUT2D eigenvalue weighted by Crippen LogP contribution is -2.14. The van der Waals surface area contributed by atoms with Gasteiger partial charge in [-0.05, 0) is 18.4 Å². The molecule has 0 fully saturated rings. The topological polar surface area (TPSA) is 118 Å². The molecule has 0 spiro atoms. The molecule has 0 aliphatic carbocycles. The summed E-state index contributed by atoms with van der Waals surface area (Å²) >= 11 is 3.87. The molecule has 0 aliphatic rings. The van der Waals surface area contributed by atoms with E-state index in [0.29, 0.717) is 20.7 Å². The molecule has 1 aromatic carbocycles. The normalized spacial score (nSPS) is 10.6. The van der Waals surface area contributed by atoms with E-state index in [1.165, 1.54) is 23.1 Å². The van der Waals surface area contributed by atoms with Crippen LogP contribution in [0.5, 0.6) is 0 Å². The van der Waals surface area contributed by atoms with Crippen LogP contribution in [0.15, 0.2) is 34.3 Å². The van der Waals surface area contributed by atoms with E-state index in [2.05, 4.69) is 26.3 Å². The second-order valence-electron chi connectivity index (χ2n) is 4.71. The van der Waals surface area contributed by atoms with Crippen LogP contribution in [-0.4, -0.2) is 32.9 Å². The van der Waals surface area contributed by atoms with Gasteiger partial charge in [0.2, 0.25) is 11.9 Å². The Labute approximate surface area is 156 Å². The molecule has 0 unspecified atom stereocenters. The molecule has 2 aromatic heterocycles. The molecule has 1 amide bonds. The number of carbonyl (C=O) groups excluding carboxylic acids is 1. The summed E-state index contributed by atoms with van der Waals surface area (Å²) in [6.07, 6.45) is 1.80. The summed E-state index contributed by atoms with van der Waals surface area (Å²) in [5.74, 6) is -0.0530. The molecule has 2 heterocycles. The predicted molar refractivity (Wildman–Crippen MR) is 102 cm³/mol. The second kappa shape index (κ2) is 7.69. The van der Waals surface area contributed by atoms with Crippen LogP contribution in [0.4, 0.5) is 11.1 Å². The average molecular weight is 389 g/mol. The first kappa shape index (κ1) is 17.5. The zero-order chi connectivity index (χ0) is 17.8. The van der Waals surface area contributed by atoms with E-state index >= 15 is 0 Å². The maximum absolute atomic E-state index is 12.2. The number of rotatable bonds is 5. The molecule has 3 N–H and O–H groups in total. The Balaban J connectivity index is 1.70. The molecule has 3 rings (SSSR count). The molecule has 0 bridgehead atoms. The van der Waals surface area contributed by atoms with Gasteiger partial charge in [0.15, 0.2) is 5.13 Å². The Hall–Kier alpha value is -2.35. The van der Waals surface area contributed by atoms with Gasteiger partial charge in [-0.2, -0.15) is 5.26 Å². The number of para-hydroxylation sites is 1. The van der Waals surface area contributed by atoms with Crippen molar-refractivity contribution in [2.45, 2.75) is 10.1 Å². The number of benzene rings is 1. The summed E-state index contributed by atoms with van der Waals surface area (Å²) in [5.41, 5.74) is 6.84. The van der Waals surface area contributed by atoms with Crippen molar-refractivity contribution in [2.75, 3.05) is 23.1 Å². The summed E-state index contributed by atoms with van der Waals surface area (Å²) in [4.78, 5) is 24.6. The monoisotopic (exact) mass is 388 g/mol. The van der Waals surface area contributed by atoms with E-state index < -0.39 is 0 Å². The van der Waals surface area contributed by atoms with Crippen molar-refractivity contribution in [1.29, 1.82) is 5.26 Å². The number of hydrogen-bond donors (Lipinski definition) is 2. The molecule has 0 radical (unpaired) electrons. The molecule has 126 valence electrons. The smallest absolute Gasteiger partial charge is 0.236 e. The lowest BCUT2D eigenvalue weighted by molar-refractivity contribution is -0.113. The molecular weight excluding hydrogens is 376 g/mol. The minimum atomic E-state index is -0.226. The van der Waals surface area contributed by atoms with Crippen LogP contribution in [0.3, 0.4) is 0 Å². The average Bonchev–Trinajstić information content (AvgIpc) is 3.01. The van der Waals surface area contributed by atoms with Gasteiger partial charge in [-0.3, -0.25) is 4.79 Å². The molecule has 3 aromatic rings. The maximum Gasteiger partial charge on any atom is 0.236 e.